The summed E-state index contributed by atoms with van der Waals surface area (Å²) < 4.78 is 41.4. The molecule has 2 aromatic rings. The van der Waals surface area contributed by atoms with Gasteiger partial charge in [0.1, 0.15) is 0 Å². The van der Waals surface area contributed by atoms with Crippen LogP contribution in [0.25, 0.3) is 5.57 Å². The summed E-state index contributed by atoms with van der Waals surface area (Å²) in [5.41, 5.74) is 0.327. The first-order valence-corrected chi connectivity index (χ1v) is 11.0. The number of unbranched alkanes of at least 4 members (excludes halogenated alkanes) is 2. The highest BCUT2D eigenvalue weighted by molar-refractivity contribution is 7.99. The van der Waals surface area contributed by atoms with Gasteiger partial charge < -0.3 is 10.4 Å². The molecule has 0 fully saturated rings. The first kappa shape index (κ1) is 25.0. The van der Waals surface area contributed by atoms with Gasteiger partial charge in [-0.25, -0.2) is 0 Å². The van der Waals surface area contributed by atoms with Crippen molar-refractivity contribution in [1.29, 1.82) is 0 Å². The van der Waals surface area contributed by atoms with Gasteiger partial charge in [-0.2, -0.15) is 13.2 Å². The summed E-state index contributed by atoms with van der Waals surface area (Å²) >= 11 is 1.08. The molecule has 7 heteroatoms. The maximum Gasteiger partial charge on any atom is 0.417 e. The Balaban J connectivity index is 2.24. The molecule has 0 aliphatic carbocycles. The van der Waals surface area contributed by atoms with E-state index in [4.69, 9.17) is 5.11 Å². The van der Waals surface area contributed by atoms with E-state index < -0.39 is 17.6 Å². The van der Waals surface area contributed by atoms with E-state index in [1.165, 1.54) is 12.1 Å². The third kappa shape index (κ3) is 7.14. The summed E-state index contributed by atoms with van der Waals surface area (Å²) in [6, 6.07) is 11.3. The lowest BCUT2D eigenvalue weighted by atomic mass is 10.0. The van der Waals surface area contributed by atoms with E-state index in [0.717, 1.165) is 34.7 Å². The summed E-state index contributed by atoms with van der Waals surface area (Å²) in [6.45, 7) is 8.16. The van der Waals surface area contributed by atoms with Crippen LogP contribution in [0.5, 0.6) is 0 Å². The largest absolute Gasteiger partial charge is 0.417 e. The standard InChI is InChI=1S/C24H28F3NO2S/c1-16(2)19-9-5-6-10-21(19)31-22-12-11-18(15-20(22)24(25,26)27)17(3)23(30)28-13-7-4-8-14-29/h5-6,9-12,15-16,29H,3-4,7-8,13-14H2,1-2H3,(H,28,30). The maximum atomic E-state index is 13.8. The Morgan fingerprint density at radius 1 is 1.10 bits per heavy atom. The van der Waals surface area contributed by atoms with Gasteiger partial charge in [-0.15, -0.1) is 0 Å². The molecule has 168 valence electrons. The predicted octanol–water partition coefficient (Wildman–Crippen LogP) is 6.27. The number of benzene rings is 2. The molecule has 0 unspecified atom stereocenters. The lowest BCUT2D eigenvalue weighted by Crippen LogP contribution is -2.25. The maximum absolute atomic E-state index is 13.8. The van der Waals surface area contributed by atoms with E-state index in [1.807, 2.05) is 38.1 Å². The highest BCUT2D eigenvalue weighted by Crippen LogP contribution is 2.42. The van der Waals surface area contributed by atoms with Gasteiger partial charge in [0.15, 0.2) is 0 Å². The smallest absolute Gasteiger partial charge is 0.396 e. The topological polar surface area (TPSA) is 49.3 Å². The Bertz CT molecular complexity index is 910. The van der Waals surface area contributed by atoms with Gasteiger partial charge in [-0.05, 0) is 54.5 Å². The van der Waals surface area contributed by atoms with Crippen molar-refractivity contribution < 1.29 is 23.1 Å². The number of halogens is 3. The van der Waals surface area contributed by atoms with E-state index in [2.05, 4.69) is 11.9 Å². The van der Waals surface area contributed by atoms with Crippen LogP contribution in [-0.4, -0.2) is 24.2 Å². The third-order valence-corrected chi connectivity index (χ3v) is 5.96. The molecule has 2 aromatic carbocycles. The summed E-state index contributed by atoms with van der Waals surface area (Å²) in [7, 11) is 0. The minimum atomic E-state index is -4.56. The Morgan fingerprint density at radius 3 is 2.45 bits per heavy atom. The second-order valence-electron chi connectivity index (χ2n) is 7.52. The molecule has 0 atom stereocenters. The van der Waals surface area contributed by atoms with E-state index in [0.29, 0.717) is 19.4 Å². The van der Waals surface area contributed by atoms with Crippen LogP contribution in [0.1, 0.15) is 55.7 Å². The van der Waals surface area contributed by atoms with Gasteiger partial charge in [0.05, 0.1) is 5.56 Å². The lowest BCUT2D eigenvalue weighted by molar-refractivity contribution is -0.139. The number of carbonyl (C=O) groups is 1. The van der Waals surface area contributed by atoms with Crippen LogP contribution in [0.2, 0.25) is 0 Å². The van der Waals surface area contributed by atoms with Crippen molar-refractivity contribution in [3.63, 3.8) is 0 Å². The second kappa shape index (κ2) is 11.4. The molecule has 0 aliphatic heterocycles. The van der Waals surface area contributed by atoms with Crippen molar-refractivity contribution in [3.05, 3.63) is 65.7 Å². The SMILES string of the molecule is C=C(C(=O)NCCCCCO)c1ccc(Sc2ccccc2C(C)C)c(C(F)(F)F)c1. The van der Waals surface area contributed by atoms with Crippen LogP contribution in [-0.2, 0) is 11.0 Å². The molecule has 2 N–H and O–H groups in total. The molecule has 0 radical (unpaired) electrons. The first-order valence-electron chi connectivity index (χ1n) is 10.2. The molecule has 0 heterocycles. The molecule has 0 bridgehead atoms. The zero-order valence-electron chi connectivity index (χ0n) is 17.8. The molecule has 0 aliphatic rings. The molecule has 0 spiro atoms. The molecule has 2 rings (SSSR count). The number of nitrogens with one attached hydrogen (secondary N) is 1. The van der Waals surface area contributed by atoms with Gasteiger partial charge in [0.2, 0.25) is 0 Å². The number of hydrogen-bond donors (Lipinski definition) is 2. The van der Waals surface area contributed by atoms with Crippen molar-refractivity contribution in [1.82, 2.24) is 5.32 Å². The molecular formula is C24H28F3NO2S. The Morgan fingerprint density at radius 2 is 1.81 bits per heavy atom. The molecule has 0 saturated heterocycles. The number of rotatable bonds is 10. The van der Waals surface area contributed by atoms with Crippen molar-refractivity contribution in [3.8, 4) is 0 Å². The Kier molecular flexibility index (Phi) is 9.19. The Labute approximate surface area is 185 Å². The van der Waals surface area contributed by atoms with Gasteiger partial charge in [-0.3, -0.25) is 4.79 Å². The summed E-state index contributed by atoms with van der Waals surface area (Å²) in [4.78, 5) is 13.1. The molecule has 0 saturated carbocycles. The number of carbonyl (C=O) groups excluding carboxylic acids is 1. The van der Waals surface area contributed by atoms with E-state index >= 15 is 0 Å². The van der Waals surface area contributed by atoms with Crippen molar-refractivity contribution in [2.45, 2.75) is 55.0 Å². The average Bonchev–Trinajstić information content (AvgIpc) is 2.72. The number of aliphatic hydroxyl groups excluding tert-OH is 1. The Hall–Kier alpha value is -2.25. The number of alkyl halides is 3. The van der Waals surface area contributed by atoms with Crippen LogP contribution in [0.15, 0.2) is 58.8 Å². The minimum Gasteiger partial charge on any atom is -0.396 e. The molecule has 1 amide bonds. The lowest BCUT2D eigenvalue weighted by Gasteiger charge is -2.17. The molecule has 31 heavy (non-hydrogen) atoms. The molecule has 0 aromatic heterocycles. The minimum absolute atomic E-state index is 0.00760. The quantitative estimate of drug-likeness (QED) is 0.331. The van der Waals surface area contributed by atoms with Crippen LogP contribution in [0, 0.1) is 0 Å². The van der Waals surface area contributed by atoms with Gasteiger partial charge >= 0.3 is 6.18 Å². The highest BCUT2D eigenvalue weighted by Gasteiger charge is 2.34. The summed E-state index contributed by atoms with van der Waals surface area (Å²) in [6.07, 6.45) is -2.49. The highest BCUT2D eigenvalue weighted by atomic mass is 32.2. The summed E-state index contributed by atoms with van der Waals surface area (Å²) in [5, 5.41) is 11.4. The monoisotopic (exact) mass is 451 g/mol. The number of aliphatic hydroxyl groups is 1. The summed E-state index contributed by atoms with van der Waals surface area (Å²) in [5.74, 6) is -0.319. The van der Waals surface area contributed by atoms with Gasteiger partial charge in [0.25, 0.3) is 5.91 Å². The van der Waals surface area contributed by atoms with E-state index in [-0.39, 0.29) is 28.6 Å². The fourth-order valence-corrected chi connectivity index (χ4v) is 4.28. The second-order valence-corrected chi connectivity index (χ2v) is 8.61. The van der Waals surface area contributed by atoms with Crippen LogP contribution in [0.4, 0.5) is 13.2 Å². The predicted molar refractivity (Wildman–Crippen MR) is 119 cm³/mol. The normalized spacial score (nSPS) is 11.6. The van der Waals surface area contributed by atoms with E-state index in [9.17, 15) is 18.0 Å². The van der Waals surface area contributed by atoms with Crippen molar-refractivity contribution in [2.24, 2.45) is 0 Å². The van der Waals surface area contributed by atoms with Gasteiger partial charge in [-0.1, -0.05) is 56.5 Å². The number of hydrogen-bond acceptors (Lipinski definition) is 3. The molecular weight excluding hydrogens is 423 g/mol. The average molecular weight is 452 g/mol. The van der Waals surface area contributed by atoms with Crippen LogP contribution in [0.3, 0.4) is 0 Å². The van der Waals surface area contributed by atoms with E-state index in [1.54, 1.807) is 0 Å². The third-order valence-electron chi connectivity index (χ3n) is 4.79. The van der Waals surface area contributed by atoms with Crippen LogP contribution >= 0.6 is 11.8 Å². The van der Waals surface area contributed by atoms with Gasteiger partial charge in [0, 0.05) is 28.5 Å². The van der Waals surface area contributed by atoms with Crippen molar-refractivity contribution >= 4 is 23.2 Å². The van der Waals surface area contributed by atoms with Crippen molar-refractivity contribution in [2.75, 3.05) is 13.2 Å². The molecule has 3 nitrogen and oxygen atoms in total. The zero-order chi connectivity index (χ0) is 23.0. The fraction of sp³-hybridized carbons (Fsp3) is 0.375. The zero-order valence-corrected chi connectivity index (χ0v) is 18.6. The first-order chi connectivity index (χ1) is 14.6. The number of amides is 1. The van der Waals surface area contributed by atoms with Crippen LogP contribution < -0.4 is 5.32 Å². The fourth-order valence-electron chi connectivity index (χ4n) is 3.05.